The third-order valence-corrected chi connectivity index (χ3v) is 6.15. The number of likely N-dealkylation sites (tertiary alicyclic amines) is 1. The number of fused-ring (bicyclic) bond motifs is 1. The lowest BCUT2D eigenvalue weighted by molar-refractivity contribution is -0.138. The number of carbonyl (C=O) groups excluding carboxylic acids is 2. The predicted molar refractivity (Wildman–Crippen MR) is 92.5 cm³/mol. The first-order valence-corrected chi connectivity index (χ1v) is 9.71. The van der Waals surface area contributed by atoms with Gasteiger partial charge in [-0.1, -0.05) is 19.8 Å². The summed E-state index contributed by atoms with van der Waals surface area (Å²) in [7, 11) is 0. The second-order valence-corrected chi connectivity index (χ2v) is 7.67. The highest BCUT2D eigenvalue weighted by molar-refractivity contribution is 7.08. The second kappa shape index (κ2) is 7.47. The largest absolute Gasteiger partial charge is 0.351 e. The summed E-state index contributed by atoms with van der Waals surface area (Å²) in [6, 6.07) is 2.24. The molecule has 2 aliphatic rings. The summed E-state index contributed by atoms with van der Waals surface area (Å²) in [6.45, 7) is 3.66. The summed E-state index contributed by atoms with van der Waals surface area (Å²) in [5.74, 6) is 1.55. The van der Waals surface area contributed by atoms with Gasteiger partial charge in [0.05, 0.1) is 0 Å². The molecule has 1 aromatic rings. The summed E-state index contributed by atoms with van der Waals surface area (Å²) in [4.78, 5) is 26.6. The summed E-state index contributed by atoms with van der Waals surface area (Å²) >= 11 is 1.51. The van der Waals surface area contributed by atoms with E-state index in [-0.39, 0.29) is 11.8 Å². The Morgan fingerprint density at radius 1 is 1.30 bits per heavy atom. The van der Waals surface area contributed by atoms with Crippen LogP contribution in [0.15, 0.2) is 16.8 Å². The first-order valence-electron chi connectivity index (χ1n) is 8.76. The van der Waals surface area contributed by atoms with Gasteiger partial charge in [-0.3, -0.25) is 9.59 Å². The quantitative estimate of drug-likeness (QED) is 0.918. The lowest BCUT2D eigenvalue weighted by atomic mass is 9.72. The van der Waals surface area contributed by atoms with Crippen LogP contribution in [0.25, 0.3) is 0 Å². The smallest absolute Gasteiger partial charge is 0.252 e. The highest BCUT2D eigenvalue weighted by atomic mass is 32.1. The number of nitrogens with one attached hydrogen (secondary N) is 1. The molecule has 0 bridgehead atoms. The molecule has 2 amide bonds. The van der Waals surface area contributed by atoms with E-state index in [4.69, 9.17) is 0 Å². The highest BCUT2D eigenvalue weighted by Crippen LogP contribution is 2.38. The average Bonchev–Trinajstić information content (AvgIpc) is 3.10. The molecule has 5 heteroatoms. The van der Waals surface area contributed by atoms with Crippen molar-refractivity contribution >= 4 is 23.2 Å². The van der Waals surface area contributed by atoms with E-state index in [2.05, 4.69) is 17.1 Å². The molecule has 1 saturated carbocycles. The molecule has 4 nitrogen and oxygen atoms in total. The van der Waals surface area contributed by atoms with Crippen LogP contribution < -0.4 is 5.32 Å². The van der Waals surface area contributed by atoms with Crippen LogP contribution in [0.1, 0.15) is 55.8 Å². The van der Waals surface area contributed by atoms with Gasteiger partial charge in [0, 0.05) is 36.5 Å². The zero-order chi connectivity index (χ0) is 16.2. The van der Waals surface area contributed by atoms with Crippen LogP contribution in [-0.4, -0.2) is 35.8 Å². The average molecular weight is 334 g/mol. The molecule has 1 saturated heterocycles. The number of hydrogen-bond acceptors (Lipinski definition) is 3. The second-order valence-electron chi connectivity index (χ2n) is 6.89. The Morgan fingerprint density at radius 3 is 2.91 bits per heavy atom. The molecule has 126 valence electrons. The van der Waals surface area contributed by atoms with Crippen molar-refractivity contribution in [3.8, 4) is 0 Å². The maximum absolute atomic E-state index is 12.6. The van der Waals surface area contributed by atoms with Crippen molar-refractivity contribution in [1.82, 2.24) is 10.2 Å². The summed E-state index contributed by atoms with van der Waals surface area (Å²) in [6.07, 6.45) is 6.50. The Hall–Kier alpha value is -1.36. The van der Waals surface area contributed by atoms with Crippen LogP contribution in [0.5, 0.6) is 0 Å². The van der Waals surface area contributed by atoms with E-state index < -0.39 is 0 Å². The lowest BCUT2D eigenvalue weighted by Gasteiger charge is -2.47. The lowest BCUT2D eigenvalue weighted by Crippen LogP contribution is -2.52. The van der Waals surface area contributed by atoms with Crippen LogP contribution in [-0.2, 0) is 4.79 Å². The molecule has 1 aliphatic heterocycles. The highest BCUT2D eigenvalue weighted by Gasteiger charge is 2.38. The first kappa shape index (κ1) is 16.5. The molecule has 23 heavy (non-hydrogen) atoms. The monoisotopic (exact) mass is 334 g/mol. The number of rotatable bonds is 4. The van der Waals surface area contributed by atoms with Crippen LogP contribution in [0.3, 0.4) is 0 Å². The van der Waals surface area contributed by atoms with Gasteiger partial charge < -0.3 is 10.2 Å². The van der Waals surface area contributed by atoms with E-state index in [9.17, 15) is 9.59 Å². The molecule has 3 rings (SSSR count). The van der Waals surface area contributed by atoms with Crippen molar-refractivity contribution in [2.75, 3.05) is 13.1 Å². The van der Waals surface area contributed by atoms with Crippen molar-refractivity contribution in [2.45, 2.75) is 51.5 Å². The summed E-state index contributed by atoms with van der Waals surface area (Å²) in [5.41, 5.74) is 0.682. The zero-order valence-corrected chi connectivity index (χ0v) is 14.6. The minimum absolute atomic E-state index is 0.0816. The van der Waals surface area contributed by atoms with Crippen molar-refractivity contribution in [2.24, 2.45) is 11.8 Å². The molecule has 1 aliphatic carbocycles. The fourth-order valence-electron chi connectivity index (χ4n) is 4.15. The Balaban J connectivity index is 1.50. The molecular formula is C18H26N2O2S. The van der Waals surface area contributed by atoms with Crippen molar-refractivity contribution in [1.29, 1.82) is 0 Å². The molecule has 1 aromatic heterocycles. The molecule has 0 unspecified atom stereocenters. The van der Waals surface area contributed by atoms with E-state index in [1.165, 1.54) is 30.6 Å². The Kier molecular flexibility index (Phi) is 5.36. The van der Waals surface area contributed by atoms with Crippen LogP contribution >= 0.6 is 11.3 Å². The molecular weight excluding hydrogens is 308 g/mol. The molecule has 0 aromatic carbocycles. The SMILES string of the molecule is C[C@@H]1CCN(C(=O)CCNC(=O)c2ccsc2)[C@H]2CCCC[C@@H]12. The van der Waals surface area contributed by atoms with Gasteiger partial charge in [0.25, 0.3) is 5.91 Å². The van der Waals surface area contributed by atoms with E-state index in [1.807, 2.05) is 10.8 Å². The van der Waals surface area contributed by atoms with Gasteiger partial charge in [-0.2, -0.15) is 11.3 Å². The van der Waals surface area contributed by atoms with E-state index in [0.29, 0.717) is 30.5 Å². The third kappa shape index (κ3) is 3.77. The van der Waals surface area contributed by atoms with Gasteiger partial charge in [-0.05, 0) is 42.5 Å². The molecule has 0 radical (unpaired) electrons. The Morgan fingerprint density at radius 2 is 2.13 bits per heavy atom. The Labute approximate surface area is 142 Å². The van der Waals surface area contributed by atoms with Crippen LogP contribution in [0.4, 0.5) is 0 Å². The molecule has 2 fully saturated rings. The Bertz CT molecular complexity index is 543. The fraction of sp³-hybridized carbons (Fsp3) is 0.667. The van der Waals surface area contributed by atoms with Crippen molar-refractivity contribution < 1.29 is 9.59 Å². The van der Waals surface area contributed by atoms with Crippen LogP contribution in [0.2, 0.25) is 0 Å². The number of carbonyl (C=O) groups is 2. The molecule has 3 atom stereocenters. The van der Waals surface area contributed by atoms with Gasteiger partial charge in [0.1, 0.15) is 0 Å². The predicted octanol–water partition coefficient (Wildman–Crippen LogP) is 3.30. The van der Waals surface area contributed by atoms with E-state index in [0.717, 1.165) is 25.3 Å². The summed E-state index contributed by atoms with van der Waals surface area (Å²) in [5, 5.41) is 6.57. The van der Waals surface area contributed by atoms with Gasteiger partial charge in [-0.25, -0.2) is 0 Å². The maximum atomic E-state index is 12.6. The minimum Gasteiger partial charge on any atom is -0.351 e. The van der Waals surface area contributed by atoms with Crippen LogP contribution in [0, 0.1) is 11.8 Å². The maximum Gasteiger partial charge on any atom is 0.252 e. The molecule has 0 spiro atoms. The summed E-state index contributed by atoms with van der Waals surface area (Å²) < 4.78 is 0. The number of hydrogen-bond donors (Lipinski definition) is 1. The van der Waals surface area contributed by atoms with Gasteiger partial charge in [0.15, 0.2) is 0 Å². The first-order chi connectivity index (χ1) is 11.2. The van der Waals surface area contributed by atoms with E-state index in [1.54, 1.807) is 6.07 Å². The number of amides is 2. The van der Waals surface area contributed by atoms with Gasteiger partial charge in [0.2, 0.25) is 5.91 Å². The van der Waals surface area contributed by atoms with E-state index >= 15 is 0 Å². The topological polar surface area (TPSA) is 49.4 Å². The number of nitrogens with zero attached hydrogens (tertiary/aromatic N) is 1. The molecule has 2 heterocycles. The number of thiophene rings is 1. The van der Waals surface area contributed by atoms with Crippen molar-refractivity contribution in [3.63, 3.8) is 0 Å². The van der Waals surface area contributed by atoms with Gasteiger partial charge in [-0.15, -0.1) is 0 Å². The normalized spacial score (nSPS) is 27.3. The third-order valence-electron chi connectivity index (χ3n) is 5.47. The minimum atomic E-state index is -0.0816. The fourth-order valence-corrected chi connectivity index (χ4v) is 4.78. The zero-order valence-electron chi connectivity index (χ0n) is 13.8. The number of piperidine rings is 1. The van der Waals surface area contributed by atoms with Gasteiger partial charge >= 0.3 is 0 Å². The standard InChI is InChI=1S/C18H26N2O2S/c1-13-7-10-20(16-5-3-2-4-15(13)16)17(21)6-9-19-18(22)14-8-11-23-12-14/h8,11-13,15-16H,2-7,9-10H2,1H3,(H,19,22)/t13-,15+,16+/m1/s1. The van der Waals surface area contributed by atoms with Crippen molar-refractivity contribution in [3.05, 3.63) is 22.4 Å². The molecule has 1 N–H and O–H groups in total.